The zero-order chi connectivity index (χ0) is 26.2. The van der Waals surface area contributed by atoms with Crippen LogP contribution < -0.4 is 10.2 Å². The number of pyridine rings is 2. The third-order valence-electron chi connectivity index (χ3n) is 5.91. The molecule has 0 aliphatic rings. The van der Waals surface area contributed by atoms with Gasteiger partial charge < -0.3 is 10.2 Å². The number of rotatable bonds is 4. The molecule has 0 amide bonds. The van der Waals surface area contributed by atoms with Gasteiger partial charge in [0.1, 0.15) is 0 Å². The van der Waals surface area contributed by atoms with Gasteiger partial charge in [-0.15, -0.1) is 0 Å². The van der Waals surface area contributed by atoms with Crippen molar-refractivity contribution in [2.24, 2.45) is 0 Å². The molecule has 0 aliphatic heterocycles. The first kappa shape index (κ1) is 27.4. The molecular weight excluding hydrogens is 534 g/mol. The maximum atomic E-state index is 12.1. The van der Waals surface area contributed by atoms with E-state index in [-0.39, 0.29) is 31.0 Å². The van der Waals surface area contributed by atoms with E-state index in [9.17, 15) is 10.2 Å². The minimum atomic E-state index is -0.0246. The Bertz CT molecular complexity index is 1600. The molecule has 0 spiro atoms. The van der Waals surface area contributed by atoms with Gasteiger partial charge in [0.2, 0.25) is 0 Å². The van der Waals surface area contributed by atoms with E-state index in [0.717, 1.165) is 21.8 Å². The fourth-order valence-corrected chi connectivity index (χ4v) is 3.96. The van der Waals surface area contributed by atoms with E-state index in [1.807, 2.05) is 109 Å². The van der Waals surface area contributed by atoms with Crippen molar-refractivity contribution in [2.45, 2.75) is 0 Å². The van der Waals surface area contributed by atoms with Crippen LogP contribution in [0.5, 0.6) is 0 Å². The van der Waals surface area contributed by atoms with Crippen LogP contribution in [0, 0.1) is 0 Å². The molecule has 4 nitrogen and oxygen atoms in total. The molecule has 2 aromatic heterocycles. The standard InChI is InChI=1S/2C17H13NO.Zn/c2*19-17(14-7-2-1-3-8-14)12-15-11-10-13-6-4-5-9-16(13)18-15;/h2*1-12,19H;/q;;+2/p-2/b2*17-12-;. The van der Waals surface area contributed by atoms with Gasteiger partial charge in [0, 0.05) is 10.8 Å². The van der Waals surface area contributed by atoms with Crippen LogP contribution in [-0.2, 0) is 19.5 Å². The molecule has 0 radical (unpaired) electrons. The van der Waals surface area contributed by atoms with Crippen LogP contribution >= 0.6 is 0 Å². The molecule has 4 aromatic carbocycles. The Balaban J connectivity index is 0.000000176. The van der Waals surface area contributed by atoms with E-state index in [1.165, 1.54) is 0 Å². The Labute approximate surface area is 240 Å². The minimum Gasteiger partial charge on any atom is -0.872 e. The van der Waals surface area contributed by atoms with Gasteiger partial charge in [-0.2, -0.15) is 0 Å². The molecule has 0 atom stereocenters. The van der Waals surface area contributed by atoms with Crippen molar-refractivity contribution in [3.8, 4) is 0 Å². The van der Waals surface area contributed by atoms with Crippen molar-refractivity contribution in [1.29, 1.82) is 0 Å². The number of nitrogens with zero attached hydrogens (tertiary/aromatic N) is 2. The zero-order valence-electron chi connectivity index (χ0n) is 21.3. The van der Waals surface area contributed by atoms with Crippen LogP contribution in [-0.4, -0.2) is 9.97 Å². The topological polar surface area (TPSA) is 71.9 Å². The van der Waals surface area contributed by atoms with Gasteiger partial charge in [-0.05, 0) is 47.5 Å². The van der Waals surface area contributed by atoms with Gasteiger partial charge in [-0.25, -0.2) is 9.97 Å². The summed E-state index contributed by atoms with van der Waals surface area (Å²) in [7, 11) is 0. The summed E-state index contributed by atoms with van der Waals surface area (Å²) < 4.78 is 0. The average molecular weight is 558 g/mol. The van der Waals surface area contributed by atoms with Gasteiger partial charge in [0.25, 0.3) is 0 Å². The molecule has 39 heavy (non-hydrogen) atoms. The second-order valence-electron chi connectivity index (χ2n) is 8.61. The molecule has 6 rings (SSSR count). The van der Waals surface area contributed by atoms with Crippen LogP contribution in [0.3, 0.4) is 0 Å². The third-order valence-corrected chi connectivity index (χ3v) is 5.91. The van der Waals surface area contributed by atoms with Crippen LogP contribution in [0.4, 0.5) is 0 Å². The van der Waals surface area contributed by atoms with Gasteiger partial charge in [-0.3, -0.25) is 0 Å². The summed E-state index contributed by atoms with van der Waals surface area (Å²) in [5.41, 5.74) is 4.53. The van der Waals surface area contributed by atoms with Crippen molar-refractivity contribution in [2.75, 3.05) is 0 Å². The largest absolute Gasteiger partial charge is 2.00 e. The maximum absolute atomic E-state index is 12.1. The zero-order valence-corrected chi connectivity index (χ0v) is 24.2. The molecule has 0 N–H and O–H groups in total. The van der Waals surface area contributed by atoms with Crippen molar-refractivity contribution in [3.63, 3.8) is 0 Å². The van der Waals surface area contributed by atoms with E-state index in [2.05, 4.69) is 9.97 Å². The summed E-state index contributed by atoms with van der Waals surface area (Å²) >= 11 is 0. The first-order chi connectivity index (χ1) is 18.7. The van der Waals surface area contributed by atoms with E-state index in [0.29, 0.717) is 22.5 Å². The van der Waals surface area contributed by atoms with Crippen LogP contribution in [0.15, 0.2) is 133 Å². The number of benzene rings is 4. The summed E-state index contributed by atoms with van der Waals surface area (Å²) in [6.45, 7) is 0. The fraction of sp³-hybridized carbons (Fsp3) is 0. The minimum absolute atomic E-state index is 0. The number of fused-ring (bicyclic) bond motifs is 2. The van der Waals surface area contributed by atoms with Gasteiger partial charge in [0.05, 0.1) is 22.4 Å². The summed E-state index contributed by atoms with van der Waals surface area (Å²) in [6, 6.07) is 41.9. The molecule has 184 valence electrons. The van der Waals surface area contributed by atoms with E-state index in [4.69, 9.17) is 0 Å². The summed E-state index contributed by atoms with van der Waals surface area (Å²) in [5, 5.41) is 26.3. The number of para-hydroxylation sites is 2. The second kappa shape index (κ2) is 13.3. The summed E-state index contributed by atoms with van der Waals surface area (Å²) in [4.78, 5) is 8.93. The van der Waals surface area contributed by atoms with Crippen molar-refractivity contribution >= 4 is 45.5 Å². The molecular formula is C34H24N2O2Zn. The fourth-order valence-electron chi connectivity index (χ4n) is 3.96. The normalized spacial score (nSPS) is 11.4. The summed E-state index contributed by atoms with van der Waals surface area (Å²) in [5.74, 6) is -0.0493. The van der Waals surface area contributed by atoms with Crippen LogP contribution in [0.25, 0.3) is 45.5 Å². The van der Waals surface area contributed by atoms with Crippen molar-refractivity contribution in [3.05, 3.63) is 156 Å². The van der Waals surface area contributed by atoms with Gasteiger partial charge in [0.15, 0.2) is 0 Å². The SMILES string of the molecule is [O-]/C(=C\c1ccc2ccccc2n1)c1ccccc1.[O-]/C(=C\c1ccc2ccccc2n1)c1ccccc1.[Zn+2]. The number of hydrogen-bond acceptors (Lipinski definition) is 4. The third kappa shape index (κ3) is 7.25. The molecule has 6 aromatic rings. The molecule has 0 aliphatic carbocycles. The Morgan fingerprint density at radius 3 is 1.21 bits per heavy atom. The average Bonchev–Trinajstić information content (AvgIpc) is 2.98. The Morgan fingerprint density at radius 2 is 0.795 bits per heavy atom. The second-order valence-corrected chi connectivity index (χ2v) is 8.61. The summed E-state index contributed by atoms with van der Waals surface area (Å²) in [6.07, 6.45) is 3.14. The first-order valence-corrected chi connectivity index (χ1v) is 12.3. The van der Waals surface area contributed by atoms with Gasteiger partial charge >= 0.3 is 19.5 Å². The molecule has 0 unspecified atom stereocenters. The molecule has 5 heteroatoms. The number of hydrogen-bond donors (Lipinski definition) is 0. The molecule has 0 saturated heterocycles. The van der Waals surface area contributed by atoms with Gasteiger partial charge in [-0.1, -0.05) is 121 Å². The molecule has 0 bridgehead atoms. The van der Waals surface area contributed by atoms with Crippen LogP contribution in [0.2, 0.25) is 0 Å². The Hall–Kier alpha value is -4.60. The monoisotopic (exact) mass is 556 g/mol. The molecule has 0 fully saturated rings. The van der Waals surface area contributed by atoms with Crippen molar-refractivity contribution < 1.29 is 29.7 Å². The molecule has 2 heterocycles. The predicted molar refractivity (Wildman–Crippen MR) is 152 cm³/mol. The Kier molecular flexibility index (Phi) is 9.34. The first-order valence-electron chi connectivity index (χ1n) is 12.3. The predicted octanol–water partition coefficient (Wildman–Crippen LogP) is 6.18. The van der Waals surface area contributed by atoms with E-state index in [1.54, 1.807) is 36.4 Å². The van der Waals surface area contributed by atoms with E-state index < -0.39 is 0 Å². The Morgan fingerprint density at radius 1 is 0.436 bits per heavy atom. The van der Waals surface area contributed by atoms with Crippen molar-refractivity contribution in [1.82, 2.24) is 9.97 Å². The maximum Gasteiger partial charge on any atom is 2.00 e. The van der Waals surface area contributed by atoms with Crippen LogP contribution in [0.1, 0.15) is 22.5 Å². The molecule has 0 saturated carbocycles. The van der Waals surface area contributed by atoms with E-state index >= 15 is 0 Å². The smallest absolute Gasteiger partial charge is 0.872 e. The quantitative estimate of drug-likeness (QED) is 0.192. The number of aromatic nitrogens is 2.